The van der Waals surface area contributed by atoms with Crippen LogP contribution in [-0.4, -0.2) is 35.1 Å². The van der Waals surface area contributed by atoms with Crippen molar-refractivity contribution in [1.29, 1.82) is 0 Å². The van der Waals surface area contributed by atoms with E-state index in [0.717, 1.165) is 65.2 Å². The number of nitrogens with zero attached hydrogens (tertiary/aromatic N) is 3. The Morgan fingerprint density at radius 1 is 1.17 bits per heavy atom. The number of hydrogen-bond donors (Lipinski definition) is 0. The maximum absolute atomic E-state index is 11.2. The molecule has 1 saturated heterocycles. The Balaban J connectivity index is 1.15. The summed E-state index contributed by atoms with van der Waals surface area (Å²) in [5.41, 5.74) is 3.96. The largest absolute Gasteiger partial charge is 0.371 e. The minimum absolute atomic E-state index is 0.0952. The van der Waals surface area contributed by atoms with Crippen LogP contribution >= 0.6 is 34.5 Å². The molecule has 0 radical (unpaired) electrons. The first-order valence-corrected chi connectivity index (χ1v) is 13.8. The molecule has 9 heteroatoms. The van der Waals surface area contributed by atoms with Crippen molar-refractivity contribution in [2.45, 2.75) is 50.4 Å². The molecule has 4 aromatic rings. The number of benzene rings is 2. The van der Waals surface area contributed by atoms with Gasteiger partial charge in [0.1, 0.15) is 17.7 Å². The molecule has 0 spiro atoms. The van der Waals surface area contributed by atoms with Gasteiger partial charge in [0.2, 0.25) is 0 Å². The van der Waals surface area contributed by atoms with Gasteiger partial charge in [-0.15, -0.1) is 0 Å². The van der Waals surface area contributed by atoms with E-state index in [1.165, 1.54) is 0 Å². The summed E-state index contributed by atoms with van der Waals surface area (Å²) in [7, 11) is 0. The number of hydrogen-bond acceptors (Lipinski definition) is 7. The van der Waals surface area contributed by atoms with Crippen molar-refractivity contribution >= 4 is 56.2 Å². The van der Waals surface area contributed by atoms with Crippen LogP contribution in [0.15, 0.2) is 40.9 Å². The van der Waals surface area contributed by atoms with Gasteiger partial charge in [-0.05, 0) is 61.9 Å². The summed E-state index contributed by atoms with van der Waals surface area (Å²) in [5.74, 6) is 1.88. The Morgan fingerprint density at radius 3 is 2.75 bits per heavy atom. The summed E-state index contributed by atoms with van der Waals surface area (Å²) in [4.78, 5) is 18.4. The normalized spacial score (nSPS) is 23.2. The van der Waals surface area contributed by atoms with Crippen LogP contribution in [-0.2, 0) is 11.3 Å². The van der Waals surface area contributed by atoms with Crippen molar-refractivity contribution in [1.82, 2.24) is 10.1 Å². The number of anilines is 1. The summed E-state index contributed by atoms with van der Waals surface area (Å²) in [6.45, 7) is 1.41. The van der Waals surface area contributed by atoms with E-state index in [0.29, 0.717) is 45.3 Å². The molecule has 2 aromatic heterocycles. The SMILES string of the molecule is O=Cc1ccc2nc(N3CC4CC(OCc5c(-c6c(Cl)cccc6Cl)noc5C5CC5)C3C4)sc2c1. The second-order valence-corrected chi connectivity index (χ2v) is 11.8. The van der Waals surface area contributed by atoms with Crippen LogP contribution in [0, 0.1) is 5.92 Å². The van der Waals surface area contributed by atoms with Gasteiger partial charge in [-0.1, -0.05) is 45.8 Å². The van der Waals surface area contributed by atoms with Crippen LogP contribution in [0.1, 0.15) is 53.3 Å². The second kappa shape index (κ2) is 8.84. The number of piperidine rings is 1. The highest BCUT2D eigenvalue weighted by atomic mass is 35.5. The molecule has 2 aliphatic carbocycles. The fourth-order valence-electron chi connectivity index (χ4n) is 5.73. The van der Waals surface area contributed by atoms with Gasteiger partial charge < -0.3 is 14.2 Å². The molecule has 7 rings (SSSR count). The Bertz CT molecular complexity index is 1460. The first-order chi connectivity index (χ1) is 17.6. The van der Waals surface area contributed by atoms with Crippen LogP contribution in [0.25, 0.3) is 21.5 Å². The number of aldehydes is 1. The molecule has 6 nitrogen and oxygen atoms in total. The highest BCUT2D eigenvalue weighted by molar-refractivity contribution is 7.22. The van der Waals surface area contributed by atoms with Gasteiger partial charge >= 0.3 is 0 Å². The fourth-order valence-corrected chi connectivity index (χ4v) is 7.39. The van der Waals surface area contributed by atoms with E-state index in [1.54, 1.807) is 11.3 Å². The molecular weight excluding hydrogens is 517 g/mol. The van der Waals surface area contributed by atoms with Crippen LogP contribution in [0.5, 0.6) is 0 Å². The van der Waals surface area contributed by atoms with E-state index >= 15 is 0 Å². The van der Waals surface area contributed by atoms with Gasteiger partial charge in [0.15, 0.2) is 5.13 Å². The smallest absolute Gasteiger partial charge is 0.186 e. The Hall–Kier alpha value is -2.45. The zero-order valence-electron chi connectivity index (χ0n) is 19.3. The van der Waals surface area contributed by atoms with Crippen LogP contribution < -0.4 is 4.90 Å². The molecule has 2 bridgehead atoms. The van der Waals surface area contributed by atoms with Crippen LogP contribution in [0.3, 0.4) is 0 Å². The Labute approximate surface area is 222 Å². The standard InChI is InChI=1S/C27H23Cl2N3O3S/c28-18-2-1-3-19(29)24(18)25-17(26(35-31-25)16-5-6-16)13-34-22-9-15-8-21(22)32(11-15)27-30-20-7-4-14(12-33)10-23(20)36-27/h1-4,7,10,12,15-16,21-22H,5-6,8-9,11,13H2. The van der Waals surface area contributed by atoms with Gasteiger partial charge in [-0.25, -0.2) is 4.98 Å². The Kier molecular flexibility index (Phi) is 5.58. The van der Waals surface area contributed by atoms with E-state index in [4.69, 9.17) is 37.4 Å². The summed E-state index contributed by atoms with van der Waals surface area (Å²) >= 11 is 14.7. The first kappa shape index (κ1) is 22.7. The van der Waals surface area contributed by atoms with E-state index in [2.05, 4.69) is 10.1 Å². The summed E-state index contributed by atoms with van der Waals surface area (Å²) in [6, 6.07) is 11.4. The van der Waals surface area contributed by atoms with Gasteiger partial charge in [0, 0.05) is 29.2 Å². The number of carbonyl (C=O) groups is 1. The predicted octanol–water partition coefficient (Wildman–Crippen LogP) is 7.13. The van der Waals surface area contributed by atoms with Crippen molar-refractivity contribution in [3.8, 4) is 11.3 Å². The third kappa shape index (κ3) is 3.84. The molecule has 3 fully saturated rings. The van der Waals surface area contributed by atoms with E-state index in [1.807, 2.05) is 36.4 Å². The van der Waals surface area contributed by atoms with Gasteiger partial charge in [0.05, 0.1) is 39.0 Å². The lowest BCUT2D eigenvalue weighted by Crippen LogP contribution is -2.42. The average molecular weight is 540 g/mol. The molecule has 0 N–H and O–H groups in total. The number of halogens is 2. The molecule has 2 aromatic carbocycles. The summed E-state index contributed by atoms with van der Waals surface area (Å²) < 4.78 is 13.5. The topological polar surface area (TPSA) is 68.5 Å². The quantitative estimate of drug-likeness (QED) is 0.232. The number of thiazole rings is 1. The van der Waals surface area contributed by atoms with Gasteiger partial charge in [-0.3, -0.25) is 4.79 Å². The lowest BCUT2D eigenvalue weighted by Gasteiger charge is -2.33. The van der Waals surface area contributed by atoms with Crippen LogP contribution in [0.4, 0.5) is 5.13 Å². The van der Waals surface area contributed by atoms with Crippen LogP contribution in [0.2, 0.25) is 10.0 Å². The van der Waals surface area contributed by atoms with Gasteiger partial charge in [-0.2, -0.15) is 0 Å². The lowest BCUT2D eigenvalue weighted by molar-refractivity contribution is 0.0256. The van der Waals surface area contributed by atoms with E-state index in [-0.39, 0.29) is 12.1 Å². The number of ether oxygens (including phenoxy) is 1. The van der Waals surface area contributed by atoms with Crippen molar-refractivity contribution in [2.24, 2.45) is 5.92 Å². The average Bonchev–Trinajstić information content (AvgIpc) is 3.22. The minimum Gasteiger partial charge on any atom is -0.371 e. The van der Waals surface area contributed by atoms with E-state index in [9.17, 15) is 4.79 Å². The lowest BCUT2D eigenvalue weighted by atomic mass is 10.0. The molecule has 2 saturated carbocycles. The zero-order valence-corrected chi connectivity index (χ0v) is 21.7. The molecule has 3 aliphatic rings. The van der Waals surface area contributed by atoms with Gasteiger partial charge in [0.25, 0.3) is 0 Å². The predicted molar refractivity (Wildman–Crippen MR) is 141 cm³/mol. The molecule has 184 valence electrons. The molecule has 36 heavy (non-hydrogen) atoms. The minimum atomic E-state index is 0.0952. The highest BCUT2D eigenvalue weighted by Gasteiger charge is 2.47. The van der Waals surface area contributed by atoms with Crippen molar-refractivity contribution < 1.29 is 14.1 Å². The second-order valence-electron chi connectivity index (χ2n) is 9.99. The summed E-state index contributed by atoms with van der Waals surface area (Å²) in [5, 5.41) is 6.51. The van der Waals surface area contributed by atoms with Crippen molar-refractivity contribution in [3.63, 3.8) is 0 Å². The highest BCUT2D eigenvalue weighted by Crippen LogP contribution is 2.48. The van der Waals surface area contributed by atoms with Crippen molar-refractivity contribution in [2.75, 3.05) is 11.4 Å². The molecule has 0 amide bonds. The maximum Gasteiger partial charge on any atom is 0.186 e. The fraction of sp³-hybridized carbons (Fsp3) is 0.370. The summed E-state index contributed by atoms with van der Waals surface area (Å²) in [6.07, 6.45) is 5.31. The first-order valence-electron chi connectivity index (χ1n) is 12.3. The third-order valence-electron chi connectivity index (χ3n) is 7.62. The third-order valence-corrected chi connectivity index (χ3v) is 9.30. The van der Waals surface area contributed by atoms with Crippen molar-refractivity contribution in [3.05, 3.63) is 63.3 Å². The number of rotatable bonds is 7. The molecule has 3 unspecified atom stereocenters. The monoisotopic (exact) mass is 539 g/mol. The number of carbonyl (C=O) groups excluding carboxylic acids is 1. The Morgan fingerprint density at radius 2 is 2.00 bits per heavy atom. The zero-order chi connectivity index (χ0) is 24.4. The molecular formula is C27H23Cl2N3O3S. The van der Waals surface area contributed by atoms with E-state index < -0.39 is 0 Å². The molecule has 3 atom stereocenters. The number of fused-ring (bicyclic) bond motifs is 3. The maximum atomic E-state index is 11.2. The molecule has 3 heterocycles. The number of aromatic nitrogens is 2. The molecule has 1 aliphatic heterocycles.